The summed E-state index contributed by atoms with van der Waals surface area (Å²) in [5.74, 6) is 0.635. The van der Waals surface area contributed by atoms with Crippen molar-refractivity contribution in [1.29, 1.82) is 0 Å². The summed E-state index contributed by atoms with van der Waals surface area (Å²) in [4.78, 5) is 27.0. The molecule has 2 aliphatic heterocycles. The van der Waals surface area contributed by atoms with Crippen LogP contribution in [0.15, 0.2) is 0 Å². The van der Waals surface area contributed by atoms with E-state index in [2.05, 4.69) is 5.32 Å². The number of hydrogen-bond acceptors (Lipinski definition) is 3. The van der Waals surface area contributed by atoms with E-state index in [0.29, 0.717) is 5.92 Å². The second-order valence-corrected chi connectivity index (χ2v) is 6.44. The van der Waals surface area contributed by atoms with E-state index in [1.807, 2.05) is 4.90 Å². The number of nitrogens with one attached hydrogen (secondary N) is 1. The smallest absolute Gasteiger partial charge is 0.246 e. The number of carbonyl (C=O) groups is 2. The Morgan fingerprint density at radius 1 is 1.25 bits per heavy atom. The number of piperazine rings is 1. The van der Waals surface area contributed by atoms with Crippen molar-refractivity contribution in [3.05, 3.63) is 0 Å². The van der Waals surface area contributed by atoms with Gasteiger partial charge in [0.05, 0.1) is 0 Å². The van der Waals surface area contributed by atoms with Gasteiger partial charge < -0.3 is 15.0 Å². The normalized spacial score (nSPS) is 30.9. The van der Waals surface area contributed by atoms with Crippen molar-refractivity contribution in [3.8, 4) is 0 Å². The average Bonchev–Trinajstić information content (AvgIpc) is 2.94. The minimum Gasteiger partial charge on any atom is -0.381 e. The van der Waals surface area contributed by atoms with E-state index in [0.717, 1.165) is 58.3 Å². The molecule has 20 heavy (non-hydrogen) atoms. The van der Waals surface area contributed by atoms with Crippen LogP contribution in [-0.4, -0.2) is 48.1 Å². The minimum absolute atomic E-state index is 0.0640. The molecule has 0 aromatic heterocycles. The van der Waals surface area contributed by atoms with Crippen molar-refractivity contribution in [1.82, 2.24) is 10.2 Å². The predicted octanol–water partition coefficient (Wildman–Crippen LogP) is 1.07. The van der Waals surface area contributed by atoms with Crippen molar-refractivity contribution < 1.29 is 14.3 Å². The Labute approximate surface area is 120 Å². The summed E-state index contributed by atoms with van der Waals surface area (Å²) in [6.45, 7) is 4.07. The van der Waals surface area contributed by atoms with Gasteiger partial charge in [0.2, 0.25) is 11.8 Å². The first-order valence-electron chi connectivity index (χ1n) is 7.84. The van der Waals surface area contributed by atoms with Crippen molar-refractivity contribution >= 4 is 11.8 Å². The zero-order valence-corrected chi connectivity index (χ0v) is 12.2. The number of rotatable bonds is 2. The fourth-order valence-corrected chi connectivity index (χ4v) is 3.87. The second-order valence-electron chi connectivity index (χ2n) is 6.44. The summed E-state index contributed by atoms with van der Waals surface area (Å²) < 4.78 is 5.39. The molecule has 112 valence electrons. The van der Waals surface area contributed by atoms with Crippen LogP contribution in [0.3, 0.4) is 0 Å². The predicted molar refractivity (Wildman–Crippen MR) is 74.1 cm³/mol. The van der Waals surface area contributed by atoms with Crippen LogP contribution < -0.4 is 5.32 Å². The summed E-state index contributed by atoms with van der Waals surface area (Å²) in [7, 11) is 0. The molecule has 1 spiro atoms. The van der Waals surface area contributed by atoms with Crippen LogP contribution in [0.2, 0.25) is 0 Å². The van der Waals surface area contributed by atoms with Crippen LogP contribution in [0.5, 0.6) is 0 Å². The molecule has 2 saturated heterocycles. The van der Waals surface area contributed by atoms with Gasteiger partial charge in [-0.3, -0.25) is 9.59 Å². The largest absolute Gasteiger partial charge is 0.381 e. The second kappa shape index (κ2) is 5.35. The molecule has 1 aliphatic carbocycles. The molecule has 1 unspecified atom stereocenters. The summed E-state index contributed by atoms with van der Waals surface area (Å²) in [5.41, 5.74) is -0.554. The van der Waals surface area contributed by atoms with Crippen LogP contribution in [0.4, 0.5) is 0 Å². The van der Waals surface area contributed by atoms with Gasteiger partial charge in [0.1, 0.15) is 11.6 Å². The molecule has 3 rings (SSSR count). The van der Waals surface area contributed by atoms with Crippen LogP contribution in [0, 0.1) is 5.92 Å². The summed E-state index contributed by atoms with van der Waals surface area (Å²) in [6, 6.07) is -0.381. The number of ether oxygens (including phenoxy) is 1. The fraction of sp³-hybridized carbons (Fsp3) is 0.867. The highest BCUT2D eigenvalue weighted by molar-refractivity contribution is 5.99. The van der Waals surface area contributed by atoms with E-state index in [1.165, 1.54) is 0 Å². The number of hydrogen-bond donors (Lipinski definition) is 1. The van der Waals surface area contributed by atoms with Crippen LogP contribution in [0.25, 0.3) is 0 Å². The molecule has 5 heteroatoms. The van der Waals surface area contributed by atoms with E-state index in [1.54, 1.807) is 6.92 Å². The molecular formula is C15H24N2O3. The third-order valence-corrected chi connectivity index (χ3v) is 5.14. The van der Waals surface area contributed by atoms with Gasteiger partial charge in [-0.05, 0) is 38.5 Å². The Hall–Kier alpha value is -1.10. The average molecular weight is 280 g/mol. The third-order valence-electron chi connectivity index (χ3n) is 5.14. The maximum atomic E-state index is 12.6. The first kappa shape index (κ1) is 13.9. The van der Waals surface area contributed by atoms with E-state index < -0.39 is 5.54 Å². The van der Waals surface area contributed by atoms with E-state index in [-0.39, 0.29) is 17.9 Å². The maximum Gasteiger partial charge on any atom is 0.246 e. The van der Waals surface area contributed by atoms with E-state index in [9.17, 15) is 9.59 Å². The highest BCUT2D eigenvalue weighted by atomic mass is 16.5. The molecule has 0 aromatic carbocycles. The first-order valence-corrected chi connectivity index (χ1v) is 7.84. The van der Waals surface area contributed by atoms with Crippen molar-refractivity contribution in [3.63, 3.8) is 0 Å². The first-order chi connectivity index (χ1) is 9.63. The highest BCUT2D eigenvalue weighted by Gasteiger charge is 2.53. The van der Waals surface area contributed by atoms with Gasteiger partial charge in [-0.1, -0.05) is 12.8 Å². The Kier molecular flexibility index (Phi) is 3.71. The zero-order valence-electron chi connectivity index (χ0n) is 12.2. The lowest BCUT2D eigenvalue weighted by Gasteiger charge is -2.47. The van der Waals surface area contributed by atoms with Crippen LogP contribution >= 0.6 is 0 Å². The monoisotopic (exact) mass is 280 g/mol. The Morgan fingerprint density at radius 2 is 1.90 bits per heavy atom. The van der Waals surface area contributed by atoms with Crippen LogP contribution in [-0.2, 0) is 14.3 Å². The summed E-state index contributed by atoms with van der Waals surface area (Å²) in [5, 5.41) is 2.87. The molecule has 2 amide bonds. The highest BCUT2D eigenvalue weighted by Crippen LogP contribution is 2.39. The zero-order chi connectivity index (χ0) is 14.2. The van der Waals surface area contributed by atoms with Gasteiger partial charge in [-0.2, -0.15) is 0 Å². The molecule has 1 atom stereocenters. The molecule has 0 aromatic rings. The topological polar surface area (TPSA) is 58.6 Å². The van der Waals surface area contributed by atoms with Gasteiger partial charge in [0.15, 0.2) is 0 Å². The fourth-order valence-electron chi connectivity index (χ4n) is 3.87. The Morgan fingerprint density at radius 3 is 2.55 bits per heavy atom. The molecule has 3 aliphatic rings. The number of carbonyl (C=O) groups excluding carboxylic acids is 2. The van der Waals surface area contributed by atoms with Gasteiger partial charge in [0, 0.05) is 19.8 Å². The third kappa shape index (κ3) is 2.22. The molecule has 3 fully saturated rings. The van der Waals surface area contributed by atoms with Crippen molar-refractivity contribution in [2.24, 2.45) is 5.92 Å². The van der Waals surface area contributed by atoms with Gasteiger partial charge >= 0.3 is 0 Å². The molecule has 2 heterocycles. The lowest BCUT2D eigenvalue weighted by molar-refractivity contribution is -0.158. The van der Waals surface area contributed by atoms with E-state index >= 15 is 0 Å². The maximum absolute atomic E-state index is 12.6. The Bertz CT molecular complexity index is 398. The van der Waals surface area contributed by atoms with Crippen LogP contribution in [0.1, 0.15) is 45.4 Å². The Balaban J connectivity index is 1.81. The molecule has 1 saturated carbocycles. The molecular weight excluding hydrogens is 256 g/mol. The SMILES string of the molecule is CC1NC(=O)C2(CCCC2)N(CC2CCOCC2)C1=O. The van der Waals surface area contributed by atoms with Gasteiger partial charge in [-0.15, -0.1) is 0 Å². The number of nitrogens with zero attached hydrogens (tertiary/aromatic N) is 1. The minimum atomic E-state index is -0.554. The molecule has 0 bridgehead atoms. The van der Waals surface area contributed by atoms with Crippen molar-refractivity contribution in [2.45, 2.75) is 57.0 Å². The van der Waals surface area contributed by atoms with Crippen molar-refractivity contribution in [2.75, 3.05) is 19.8 Å². The molecule has 1 N–H and O–H groups in total. The quantitative estimate of drug-likeness (QED) is 0.823. The lowest BCUT2D eigenvalue weighted by atomic mass is 9.87. The van der Waals surface area contributed by atoms with E-state index in [4.69, 9.17) is 4.74 Å². The summed E-state index contributed by atoms with van der Waals surface area (Å²) >= 11 is 0. The lowest BCUT2D eigenvalue weighted by Crippen LogP contribution is -2.69. The number of amides is 2. The van der Waals surface area contributed by atoms with Gasteiger partial charge in [-0.25, -0.2) is 0 Å². The standard InChI is InChI=1S/C15H24N2O3/c1-11-13(18)17(10-12-4-8-20-9-5-12)15(14(19)16-11)6-2-3-7-15/h11-12H,2-10H2,1H3,(H,16,19). The molecule has 5 nitrogen and oxygen atoms in total. The molecule has 0 radical (unpaired) electrons. The summed E-state index contributed by atoms with van der Waals surface area (Å²) in [6.07, 6.45) is 5.71. The van der Waals surface area contributed by atoms with Gasteiger partial charge in [0.25, 0.3) is 0 Å².